The maximum atomic E-state index is 5.85. The van der Waals surface area contributed by atoms with Gasteiger partial charge >= 0.3 is 0 Å². The number of nitrogens with two attached hydrogens (primary N) is 1. The summed E-state index contributed by atoms with van der Waals surface area (Å²) < 4.78 is 0. The van der Waals surface area contributed by atoms with Crippen LogP contribution in [0.15, 0.2) is 18.5 Å². The normalized spacial score (nSPS) is 12.4. The van der Waals surface area contributed by atoms with Crippen molar-refractivity contribution in [2.75, 3.05) is 11.1 Å². The predicted molar refractivity (Wildman–Crippen MR) is 70.5 cm³/mol. The third-order valence-electron chi connectivity index (χ3n) is 2.86. The van der Waals surface area contributed by atoms with E-state index in [1.165, 1.54) is 25.7 Å². The molecular formula is C13H23N3. The summed E-state index contributed by atoms with van der Waals surface area (Å²) in [6.07, 6.45) is 9.68. The van der Waals surface area contributed by atoms with Gasteiger partial charge in [0.2, 0.25) is 0 Å². The molecule has 0 aromatic carbocycles. The molecule has 1 unspecified atom stereocenters. The molecule has 1 atom stereocenters. The fourth-order valence-electron chi connectivity index (χ4n) is 1.78. The van der Waals surface area contributed by atoms with Gasteiger partial charge in [0.1, 0.15) is 0 Å². The topological polar surface area (TPSA) is 50.9 Å². The van der Waals surface area contributed by atoms with Gasteiger partial charge in [-0.3, -0.25) is 4.98 Å². The fraction of sp³-hybridized carbons (Fsp3) is 0.615. The number of unbranched alkanes of at least 4 members (excludes halogenated alkanes) is 2. The van der Waals surface area contributed by atoms with Gasteiger partial charge in [-0.2, -0.15) is 0 Å². The van der Waals surface area contributed by atoms with Crippen LogP contribution in [0.1, 0.15) is 46.0 Å². The van der Waals surface area contributed by atoms with Crippen molar-refractivity contribution < 1.29 is 0 Å². The molecule has 0 aliphatic heterocycles. The van der Waals surface area contributed by atoms with E-state index in [9.17, 15) is 0 Å². The first-order valence-corrected chi connectivity index (χ1v) is 6.24. The van der Waals surface area contributed by atoms with E-state index >= 15 is 0 Å². The molecule has 0 aliphatic rings. The molecule has 0 bridgehead atoms. The lowest BCUT2D eigenvalue weighted by atomic mass is 10.1. The fourth-order valence-corrected chi connectivity index (χ4v) is 1.78. The molecule has 0 aliphatic carbocycles. The zero-order valence-electron chi connectivity index (χ0n) is 10.4. The summed E-state index contributed by atoms with van der Waals surface area (Å²) >= 11 is 0. The Morgan fingerprint density at radius 3 is 2.81 bits per heavy atom. The number of aromatic nitrogens is 1. The van der Waals surface area contributed by atoms with Crippen molar-refractivity contribution in [3.8, 4) is 0 Å². The van der Waals surface area contributed by atoms with Gasteiger partial charge in [-0.25, -0.2) is 0 Å². The second-order valence-electron chi connectivity index (χ2n) is 4.21. The van der Waals surface area contributed by atoms with Gasteiger partial charge in [0.25, 0.3) is 0 Å². The minimum Gasteiger partial charge on any atom is -0.396 e. The van der Waals surface area contributed by atoms with Crippen LogP contribution in [0.3, 0.4) is 0 Å². The van der Waals surface area contributed by atoms with Gasteiger partial charge in [-0.1, -0.05) is 33.1 Å². The molecule has 3 nitrogen and oxygen atoms in total. The number of anilines is 2. The number of hydrogen-bond donors (Lipinski definition) is 2. The van der Waals surface area contributed by atoms with Crippen LogP contribution in [0, 0.1) is 0 Å². The SMILES string of the molecule is CCCCCC(CC)Nc1ccncc1N. The van der Waals surface area contributed by atoms with Crippen molar-refractivity contribution >= 4 is 11.4 Å². The Bertz CT molecular complexity index is 299. The first-order valence-electron chi connectivity index (χ1n) is 6.24. The molecule has 16 heavy (non-hydrogen) atoms. The lowest BCUT2D eigenvalue weighted by molar-refractivity contribution is 0.574. The van der Waals surface area contributed by atoms with Crippen LogP contribution < -0.4 is 11.1 Å². The van der Waals surface area contributed by atoms with Crippen LogP contribution >= 0.6 is 0 Å². The van der Waals surface area contributed by atoms with Crippen LogP contribution in [0.2, 0.25) is 0 Å². The van der Waals surface area contributed by atoms with Crippen molar-refractivity contribution in [1.82, 2.24) is 4.98 Å². The third-order valence-corrected chi connectivity index (χ3v) is 2.86. The number of nitrogens with zero attached hydrogens (tertiary/aromatic N) is 1. The summed E-state index contributed by atoms with van der Waals surface area (Å²) in [5.41, 5.74) is 7.60. The Hall–Kier alpha value is -1.25. The highest BCUT2D eigenvalue weighted by Crippen LogP contribution is 2.19. The first kappa shape index (κ1) is 12.8. The monoisotopic (exact) mass is 221 g/mol. The minimum atomic E-state index is 0.524. The summed E-state index contributed by atoms with van der Waals surface area (Å²) in [5, 5.41) is 3.49. The lowest BCUT2D eigenvalue weighted by Crippen LogP contribution is -2.19. The van der Waals surface area contributed by atoms with Crippen LogP contribution in [0.4, 0.5) is 11.4 Å². The van der Waals surface area contributed by atoms with Crippen LogP contribution in [0.5, 0.6) is 0 Å². The Kier molecular flexibility index (Phi) is 5.68. The lowest BCUT2D eigenvalue weighted by Gasteiger charge is -2.19. The largest absolute Gasteiger partial charge is 0.396 e. The number of nitrogens with one attached hydrogen (secondary N) is 1. The van der Waals surface area contributed by atoms with E-state index in [2.05, 4.69) is 24.1 Å². The highest BCUT2D eigenvalue weighted by atomic mass is 14.9. The average molecular weight is 221 g/mol. The van der Waals surface area contributed by atoms with E-state index in [-0.39, 0.29) is 0 Å². The molecule has 3 heteroatoms. The van der Waals surface area contributed by atoms with Gasteiger partial charge in [0, 0.05) is 12.2 Å². The maximum absolute atomic E-state index is 5.85. The molecule has 1 aromatic rings. The highest BCUT2D eigenvalue weighted by Gasteiger charge is 2.07. The van der Waals surface area contributed by atoms with Crippen molar-refractivity contribution in [1.29, 1.82) is 0 Å². The second kappa shape index (κ2) is 7.09. The molecule has 0 saturated carbocycles. The standard InChI is InChI=1S/C13H23N3/c1-3-5-6-7-11(4-2)16-13-8-9-15-10-12(13)14/h8-11H,3-7,14H2,1-2H3,(H,15,16). The molecule has 90 valence electrons. The number of pyridine rings is 1. The number of hydrogen-bond acceptors (Lipinski definition) is 3. The molecule has 0 spiro atoms. The number of nitrogen functional groups attached to an aromatic ring is 1. The smallest absolute Gasteiger partial charge is 0.0736 e. The van der Waals surface area contributed by atoms with Crippen LogP contribution in [0.25, 0.3) is 0 Å². The first-order chi connectivity index (χ1) is 7.77. The molecule has 0 radical (unpaired) electrons. The summed E-state index contributed by atoms with van der Waals surface area (Å²) in [4.78, 5) is 3.99. The second-order valence-corrected chi connectivity index (χ2v) is 4.21. The molecular weight excluding hydrogens is 198 g/mol. The van der Waals surface area contributed by atoms with E-state index in [0.717, 1.165) is 17.8 Å². The molecule has 3 N–H and O–H groups in total. The molecule has 1 aromatic heterocycles. The summed E-state index contributed by atoms with van der Waals surface area (Å²) in [6.45, 7) is 4.44. The van der Waals surface area contributed by atoms with Crippen LogP contribution in [-0.4, -0.2) is 11.0 Å². The Balaban J connectivity index is 2.46. The highest BCUT2D eigenvalue weighted by molar-refractivity contribution is 5.64. The zero-order valence-corrected chi connectivity index (χ0v) is 10.4. The maximum Gasteiger partial charge on any atom is 0.0736 e. The quantitative estimate of drug-likeness (QED) is 0.693. The van der Waals surface area contributed by atoms with Gasteiger partial charge < -0.3 is 11.1 Å². The zero-order chi connectivity index (χ0) is 11.8. The van der Waals surface area contributed by atoms with E-state index < -0.39 is 0 Å². The third kappa shape index (κ3) is 4.09. The van der Waals surface area contributed by atoms with Gasteiger partial charge in [-0.05, 0) is 18.9 Å². The van der Waals surface area contributed by atoms with Gasteiger partial charge in [0.15, 0.2) is 0 Å². The average Bonchev–Trinajstić information content (AvgIpc) is 2.30. The molecule has 0 saturated heterocycles. The van der Waals surface area contributed by atoms with Crippen molar-refractivity contribution in [3.05, 3.63) is 18.5 Å². The van der Waals surface area contributed by atoms with E-state index in [4.69, 9.17) is 5.73 Å². The van der Waals surface area contributed by atoms with Crippen molar-refractivity contribution in [2.45, 2.75) is 52.0 Å². The Morgan fingerprint density at radius 2 is 2.19 bits per heavy atom. The Morgan fingerprint density at radius 1 is 1.38 bits per heavy atom. The van der Waals surface area contributed by atoms with Gasteiger partial charge in [-0.15, -0.1) is 0 Å². The molecule has 1 rings (SSSR count). The summed E-state index contributed by atoms with van der Waals surface area (Å²) in [7, 11) is 0. The van der Waals surface area contributed by atoms with Gasteiger partial charge in [0.05, 0.1) is 17.6 Å². The summed E-state index contributed by atoms with van der Waals surface area (Å²) in [6, 6.07) is 2.47. The van der Waals surface area contributed by atoms with E-state index in [0.29, 0.717) is 6.04 Å². The minimum absolute atomic E-state index is 0.524. The van der Waals surface area contributed by atoms with Crippen LogP contribution in [-0.2, 0) is 0 Å². The summed E-state index contributed by atoms with van der Waals surface area (Å²) in [5.74, 6) is 0. The molecule has 0 amide bonds. The van der Waals surface area contributed by atoms with Crippen molar-refractivity contribution in [3.63, 3.8) is 0 Å². The number of rotatable bonds is 7. The predicted octanol–water partition coefficient (Wildman–Crippen LogP) is 3.43. The van der Waals surface area contributed by atoms with Crippen molar-refractivity contribution in [2.24, 2.45) is 0 Å². The Labute approximate surface area is 98.5 Å². The van der Waals surface area contributed by atoms with E-state index in [1.54, 1.807) is 12.4 Å². The van der Waals surface area contributed by atoms with E-state index in [1.807, 2.05) is 6.07 Å². The molecule has 1 heterocycles. The molecule has 0 fully saturated rings.